The Balaban J connectivity index is 2.02. The highest BCUT2D eigenvalue weighted by molar-refractivity contribution is 7.71. The van der Waals surface area contributed by atoms with E-state index in [9.17, 15) is 0 Å². The largest absolute Gasteiger partial charge is 0.250 e. The van der Waals surface area contributed by atoms with Gasteiger partial charge in [0.2, 0.25) is 4.77 Å². The minimum Gasteiger partial charge on any atom is -0.250 e. The summed E-state index contributed by atoms with van der Waals surface area (Å²) >= 11 is 5.32. The van der Waals surface area contributed by atoms with Crippen LogP contribution in [0.4, 0.5) is 0 Å². The van der Waals surface area contributed by atoms with Crippen molar-refractivity contribution in [3.05, 3.63) is 69.0 Å². The SMILES string of the molecule is Cc1ccc(-c2n[nH]c(=S)n2/N=C\c2cc(C)c(C)cc2C)cc1. The lowest BCUT2D eigenvalue weighted by molar-refractivity contribution is 0.871. The zero-order valence-corrected chi connectivity index (χ0v) is 15.1. The molecule has 0 atom stereocenters. The van der Waals surface area contributed by atoms with Crippen LogP contribution in [0.3, 0.4) is 0 Å². The Morgan fingerprint density at radius 1 is 1.00 bits per heavy atom. The third-order valence-corrected chi connectivity index (χ3v) is 4.42. The minimum absolute atomic E-state index is 0.475. The van der Waals surface area contributed by atoms with Crippen molar-refractivity contribution in [3.63, 3.8) is 0 Å². The Hall–Kier alpha value is -2.53. The Morgan fingerprint density at radius 3 is 2.38 bits per heavy atom. The van der Waals surface area contributed by atoms with Gasteiger partial charge in [0.1, 0.15) is 0 Å². The summed E-state index contributed by atoms with van der Waals surface area (Å²) in [6, 6.07) is 12.5. The molecule has 0 bridgehead atoms. The number of rotatable bonds is 3. The van der Waals surface area contributed by atoms with Gasteiger partial charge in [0.15, 0.2) is 5.82 Å². The van der Waals surface area contributed by atoms with Crippen LogP contribution < -0.4 is 0 Å². The molecule has 122 valence electrons. The molecule has 0 spiro atoms. The molecule has 0 aliphatic rings. The van der Waals surface area contributed by atoms with Crippen molar-refractivity contribution in [1.82, 2.24) is 14.9 Å². The normalized spacial score (nSPS) is 11.3. The third-order valence-electron chi connectivity index (χ3n) is 4.15. The highest BCUT2D eigenvalue weighted by atomic mass is 32.1. The van der Waals surface area contributed by atoms with E-state index in [1.807, 2.05) is 18.3 Å². The summed E-state index contributed by atoms with van der Waals surface area (Å²) in [6.45, 7) is 8.36. The van der Waals surface area contributed by atoms with Gasteiger partial charge in [-0.05, 0) is 68.2 Å². The van der Waals surface area contributed by atoms with Gasteiger partial charge >= 0.3 is 0 Å². The van der Waals surface area contributed by atoms with Gasteiger partial charge in [-0.2, -0.15) is 14.9 Å². The third kappa shape index (κ3) is 3.21. The summed E-state index contributed by atoms with van der Waals surface area (Å²) in [5.74, 6) is 0.706. The van der Waals surface area contributed by atoms with Crippen LogP contribution in [0.15, 0.2) is 41.5 Å². The quantitative estimate of drug-likeness (QED) is 0.555. The molecule has 1 N–H and O–H groups in total. The van der Waals surface area contributed by atoms with Gasteiger partial charge in [0.25, 0.3) is 0 Å². The van der Waals surface area contributed by atoms with Crippen molar-refractivity contribution in [2.75, 3.05) is 0 Å². The van der Waals surface area contributed by atoms with E-state index in [1.54, 1.807) is 4.68 Å². The average Bonchev–Trinajstić information content (AvgIpc) is 2.91. The maximum Gasteiger partial charge on any atom is 0.216 e. The van der Waals surface area contributed by atoms with Gasteiger partial charge < -0.3 is 0 Å². The van der Waals surface area contributed by atoms with Crippen molar-refractivity contribution < 1.29 is 0 Å². The Bertz CT molecular complexity index is 962. The predicted molar refractivity (Wildman–Crippen MR) is 101 cm³/mol. The summed E-state index contributed by atoms with van der Waals surface area (Å²) in [5.41, 5.74) is 6.97. The van der Waals surface area contributed by atoms with E-state index >= 15 is 0 Å². The number of aromatic nitrogens is 3. The molecule has 4 nitrogen and oxygen atoms in total. The van der Waals surface area contributed by atoms with Crippen LogP contribution in [-0.4, -0.2) is 21.1 Å². The molecule has 0 amide bonds. The summed E-state index contributed by atoms with van der Waals surface area (Å²) in [6.07, 6.45) is 1.84. The number of benzene rings is 2. The molecule has 1 heterocycles. The average molecular weight is 336 g/mol. The maximum atomic E-state index is 5.32. The van der Waals surface area contributed by atoms with Crippen LogP contribution in [0.2, 0.25) is 0 Å². The second-order valence-corrected chi connectivity index (χ2v) is 6.45. The number of aryl methyl sites for hydroxylation is 4. The monoisotopic (exact) mass is 336 g/mol. The first-order chi connectivity index (χ1) is 11.5. The van der Waals surface area contributed by atoms with Gasteiger partial charge in [-0.1, -0.05) is 35.9 Å². The van der Waals surface area contributed by atoms with Crippen molar-refractivity contribution in [1.29, 1.82) is 0 Å². The molecular weight excluding hydrogens is 316 g/mol. The number of H-pyrrole nitrogens is 1. The molecule has 0 saturated carbocycles. The number of nitrogens with one attached hydrogen (secondary N) is 1. The molecule has 0 aliphatic heterocycles. The molecule has 5 heteroatoms. The molecule has 3 aromatic rings. The van der Waals surface area contributed by atoms with Crippen LogP contribution in [0.25, 0.3) is 11.4 Å². The number of hydrogen-bond acceptors (Lipinski definition) is 3. The fourth-order valence-electron chi connectivity index (χ4n) is 2.53. The first kappa shape index (κ1) is 16.3. The fraction of sp³-hybridized carbons (Fsp3) is 0.211. The van der Waals surface area contributed by atoms with E-state index in [0.29, 0.717) is 10.6 Å². The standard InChI is InChI=1S/C19H20N4S/c1-12-5-7-16(8-6-12)18-21-22-19(24)23(18)20-11-17-10-14(3)13(2)9-15(17)4/h5-11H,1-4H3,(H,22,24)/b20-11-. The Kier molecular flexibility index (Phi) is 4.44. The molecule has 24 heavy (non-hydrogen) atoms. The lowest BCUT2D eigenvalue weighted by atomic mass is 10.0. The van der Waals surface area contributed by atoms with E-state index in [-0.39, 0.29) is 0 Å². The van der Waals surface area contributed by atoms with Crippen LogP contribution in [0.5, 0.6) is 0 Å². The van der Waals surface area contributed by atoms with Crippen molar-refractivity contribution in [3.8, 4) is 11.4 Å². The lowest BCUT2D eigenvalue weighted by Crippen LogP contribution is -1.97. The van der Waals surface area contributed by atoms with Crippen LogP contribution in [0.1, 0.15) is 27.8 Å². The molecule has 0 fully saturated rings. The van der Waals surface area contributed by atoms with E-state index in [1.165, 1.54) is 22.3 Å². The van der Waals surface area contributed by atoms with E-state index < -0.39 is 0 Å². The van der Waals surface area contributed by atoms with E-state index in [2.05, 4.69) is 67.3 Å². The number of nitrogens with zero attached hydrogens (tertiary/aromatic N) is 3. The van der Waals surface area contributed by atoms with E-state index in [0.717, 1.165) is 11.1 Å². The van der Waals surface area contributed by atoms with Gasteiger partial charge in [-0.3, -0.25) is 0 Å². The first-order valence-electron chi connectivity index (χ1n) is 7.82. The van der Waals surface area contributed by atoms with Crippen LogP contribution in [-0.2, 0) is 0 Å². The zero-order chi connectivity index (χ0) is 17.3. The molecule has 0 saturated heterocycles. The minimum atomic E-state index is 0.475. The summed E-state index contributed by atoms with van der Waals surface area (Å²) < 4.78 is 2.14. The molecule has 0 aliphatic carbocycles. The van der Waals surface area contributed by atoms with Gasteiger partial charge in [-0.25, -0.2) is 5.10 Å². The molecule has 1 aromatic heterocycles. The molecular formula is C19H20N4S. The summed E-state index contributed by atoms with van der Waals surface area (Å²) in [7, 11) is 0. The Labute approximate surface area is 146 Å². The second-order valence-electron chi connectivity index (χ2n) is 6.07. The Morgan fingerprint density at radius 2 is 1.67 bits per heavy atom. The maximum absolute atomic E-state index is 5.32. The number of aromatic amines is 1. The first-order valence-corrected chi connectivity index (χ1v) is 8.23. The lowest BCUT2D eigenvalue weighted by Gasteiger charge is -2.06. The fourth-order valence-corrected chi connectivity index (χ4v) is 2.71. The summed E-state index contributed by atoms with van der Waals surface area (Å²) in [4.78, 5) is 0. The van der Waals surface area contributed by atoms with Gasteiger partial charge in [0.05, 0.1) is 6.21 Å². The van der Waals surface area contributed by atoms with E-state index in [4.69, 9.17) is 12.2 Å². The zero-order valence-electron chi connectivity index (χ0n) is 14.3. The highest BCUT2D eigenvalue weighted by Gasteiger charge is 2.08. The molecule has 2 aromatic carbocycles. The van der Waals surface area contributed by atoms with Crippen LogP contribution >= 0.6 is 12.2 Å². The molecule has 0 unspecified atom stereocenters. The van der Waals surface area contributed by atoms with Crippen molar-refractivity contribution in [2.24, 2.45) is 5.10 Å². The van der Waals surface area contributed by atoms with Crippen LogP contribution in [0, 0.1) is 32.5 Å². The highest BCUT2D eigenvalue weighted by Crippen LogP contribution is 2.18. The number of hydrogen-bond donors (Lipinski definition) is 1. The summed E-state index contributed by atoms with van der Waals surface area (Å²) in [5, 5.41) is 11.7. The van der Waals surface area contributed by atoms with Crippen molar-refractivity contribution >= 4 is 18.4 Å². The molecule has 0 radical (unpaired) electrons. The van der Waals surface area contributed by atoms with Gasteiger partial charge in [0, 0.05) is 5.56 Å². The van der Waals surface area contributed by atoms with Crippen molar-refractivity contribution in [2.45, 2.75) is 27.7 Å². The second kappa shape index (κ2) is 6.53. The smallest absolute Gasteiger partial charge is 0.216 e. The molecule has 3 rings (SSSR count). The topological polar surface area (TPSA) is 46.0 Å². The predicted octanol–water partition coefficient (Wildman–Crippen LogP) is 4.72. The van der Waals surface area contributed by atoms with Gasteiger partial charge in [-0.15, -0.1) is 0 Å².